The molecule has 0 heterocycles. The molecule has 0 aliphatic rings. The van der Waals surface area contributed by atoms with Crippen molar-refractivity contribution in [1.29, 1.82) is 0 Å². The first-order chi connectivity index (χ1) is 13.6. The van der Waals surface area contributed by atoms with Crippen LogP contribution in [0.15, 0.2) is 46.4 Å². The molecule has 160 valence electrons. The average molecular weight is 435 g/mol. The van der Waals surface area contributed by atoms with E-state index in [1.807, 2.05) is 6.21 Å². The van der Waals surface area contributed by atoms with Crippen LogP contribution in [0.4, 0.5) is 11.4 Å². The van der Waals surface area contributed by atoms with Crippen LogP contribution in [-0.2, 0) is 42.2 Å². The quantitative estimate of drug-likeness (QED) is 0.271. The maximum Gasteiger partial charge on any atom is 0.0636 e. The van der Waals surface area contributed by atoms with Crippen LogP contribution in [0, 0.1) is 0 Å². The van der Waals surface area contributed by atoms with Gasteiger partial charge in [-0.1, -0.05) is 53.2 Å². The number of unbranched alkanes of at least 4 members (excludes halogenated alkanes) is 1. The summed E-state index contributed by atoms with van der Waals surface area (Å²) < 4.78 is 0. The maximum absolute atomic E-state index is 4.94. The van der Waals surface area contributed by atoms with Crippen LogP contribution in [0.2, 0.25) is 0 Å². The molecule has 0 aliphatic heterocycles. The minimum atomic E-state index is 0. The minimum Gasteiger partial charge on any atom is -0.255 e. The minimum absolute atomic E-state index is 0. The van der Waals surface area contributed by atoms with E-state index < -0.39 is 0 Å². The molecule has 0 fully saturated rings. The monoisotopic (exact) mass is 434 g/mol. The molecular weight excluding hydrogens is 399 g/mol. The average Bonchev–Trinajstić information content (AvgIpc) is 2.75. The van der Waals surface area contributed by atoms with Crippen LogP contribution < -0.4 is 0 Å². The van der Waals surface area contributed by atoms with E-state index in [1.165, 1.54) is 22.3 Å². The second kappa shape index (κ2) is 13.5. The molecule has 0 N–H and O–H groups in total. The standard InChI is InChI=1S/C26H36N2.Ni/c1-6-11-12-26(28-25-16-14-21(8-3)23(10-5)18-25)19-27-24-15-13-20(7-2)22(9-4)17-24;/h13-19H,6-12H2,1-5H3;/b27-19+,28-26+;. The van der Waals surface area contributed by atoms with Gasteiger partial charge in [0, 0.05) is 22.7 Å². The summed E-state index contributed by atoms with van der Waals surface area (Å²) in [5.41, 5.74) is 8.77. The topological polar surface area (TPSA) is 24.7 Å². The molecule has 0 aliphatic carbocycles. The molecule has 2 aromatic carbocycles. The van der Waals surface area contributed by atoms with Crippen molar-refractivity contribution >= 4 is 23.3 Å². The van der Waals surface area contributed by atoms with Crippen molar-refractivity contribution in [2.45, 2.75) is 79.6 Å². The summed E-state index contributed by atoms with van der Waals surface area (Å²) >= 11 is 0. The van der Waals surface area contributed by atoms with Gasteiger partial charge in [0.05, 0.1) is 17.1 Å². The van der Waals surface area contributed by atoms with Crippen molar-refractivity contribution in [3.05, 3.63) is 58.7 Å². The molecular formula is C26H36N2Ni. The van der Waals surface area contributed by atoms with E-state index >= 15 is 0 Å². The Morgan fingerprint density at radius 2 is 1.24 bits per heavy atom. The molecule has 0 spiro atoms. The number of aryl methyl sites for hydroxylation is 4. The SMILES string of the molecule is CCCCC(/C=N/c1ccc(CC)c(CC)c1)=N\c1ccc(CC)c(CC)c1.[Ni]. The van der Waals surface area contributed by atoms with Crippen molar-refractivity contribution in [3.63, 3.8) is 0 Å². The second-order valence-electron chi connectivity index (χ2n) is 7.29. The van der Waals surface area contributed by atoms with Gasteiger partial charge in [-0.25, -0.2) is 0 Å². The zero-order valence-corrected chi connectivity index (χ0v) is 19.7. The fourth-order valence-corrected chi connectivity index (χ4v) is 3.54. The molecule has 0 atom stereocenters. The predicted octanol–water partition coefficient (Wildman–Crippen LogP) is 7.60. The number of hydrogen-bond acceptors (Lipinski definition) is 2. The zero-order chi connectivity index (χ0) is 20.4. The van der Waals surface area contributed by atoms with Crippen molar-refractivity contribution in [2.75, 3.05) is 0 Å². The van der Waals surface area contributed by atoms with Crippen LogP contribution in [0.25, 0.3) is 0 Å². The van der Waals surface area contributed by atoms with Crippen LogP contribution in [0.1, 0.15) is 76.1 Å². The van der Waals surface area contributed by atoms with Gasteiger partial charge in [0.2, 0.25) is 0 Å². The van der Waals surface area contributed by atoms with Gasteiger partial charge in [-0.05, 0) is 85.0 Å². The van der Waals surface area contributed by atoms with Gasteiger partial charge in [0.25, 0.3) is 0 Å². The molecule has 29 heavy (non-hydrogen) atoms. The zero-order valence-electron chi connectivity index (χ0n) is 18.7. The van der Waals surface area contributed by atoms with E-state index in [2.05, 4.69) is 71.0 Å². The molecule has 2 aromatic rings. The molecule has 0 saturated heterocycles. The summed E-state index contributed by atoms with van der Waals surface area (Å²) in [4.78, 5) is 9.70. The number of rotatable bonds is 10. The Bertz CT molecular complexity index is 821. The van der Waals surface area contributed by atoms with Crippen LogP contribution >= 0.6 is 0 Å². The summed E-state index contributed by atoms with van der Waals surface area (Å²) in [7, 11) is 0. The van der Waals surface area contributed by atoms with Gasteiger partial charge < -0.3 is 0 Å². The summed E-state index contributed by atoms with van der Waals surface area (Å²) in [6.07, 6.45) is 9.47. The Balaban J connectivity index is 0.00000420. The molecule has 2 nitrogen and oxygen atoms in total. The van der Waals surface area contributed by atoms with Crippen molar-refractivity contribution in [2.24, 2.45) is 9.98 Å². The number of benzene rings is 2. The van der Waals surface area contributed by atoms with Gasteiger partial charge in [-0.3, -0.25) is 9.98 Å². The first-order valence-electron chi connectivity index (χ1n) is 11.0. The summed E-state index contributed by atoms with van der Waals surface area (Å²) in [6, 6.07) is 13.2. The molecule has 0 radical (unpaired) electrons. The third kappa shape index (κ3) is 7.55. The normalized spacial score (nSPS) is 11.7. The first-order valence-corrected chi connectivity index (χ1v) is 11.0. The Labute approximate surface area is 187 Å². The van der Waals surface area contributed by atoms with Crippen LogP contribution in [0.5, 0.6) is 0 Å². The van der Waals surface area contributed by atoms with E-state index in [4.69, 9.17) is 9.98 Å². The van der Waals surface area contributed by atoms with Crippen LogP contribution in [-0.4, -0.2) is 11.9 Å². The Hall–Kier alpha value is -1.73. The van der Waals surface area contributed by atoms with Crippen molar-refractivity contribution < 1.29 is 16.5 Å². The van der Waals surface area contributed by atoms with E-state index in [0.717, 1.165) is 62.0 Å². The molecule has 0 saturated carbocycles. The van der Waals surface area contributed by atoms with E-state index in [9.17, 15) is 0 Å². The smallest absolute Gasteiger partial charge is 0.0636 e. The number of nitrogens with zero attached hydrogens (tertiary/aromatic N) is 2. The Kier molecular flexibility index (Phi) is 11.8. The molecule has 0 bridgehead atoms. The van der Waals surface area contributed by atoms with Gasteiger partial charge in [-0.2, -0.15) is 0 Å². The van der Waals surface area contributed by atoms with Gasteiger partial charge in [-0.15, -0.1) is 0 Å². The molecule has 2 rings (SSSR count). The predicted molar refractivity (Wildman–Crippen MR) is 125 cm³/mol. The Morgan fingerprint density at radius 1 is 0.724 bits per heavy atom. The van der Waals surface area contributed by atoms with Gasteiger partial charge >= 0.3 is 0 Å². The van der Waals surface area contributed by atoms with Crippen molar-refractivity contribution in [3.8, 4) is 0 Å². The van der Waals surface area contributed by atoms with Gasteiger partial charge in [0.15, 0.2) is 0 Å². The van der Waals surface area contributed by atoms with E-state index in [-0.39, 0.29) is 16.5 Å². The molecule has 0 unspecified atom stereocenters. The fourth-order valence-electron chi connectivity index (χ4n) is 3.54. The van der Waals surface area contributed by atoms with Crippen LogP contribution in [0.3, 0.4) is 0 Å². The third-order valence-corrected chi connectivity index (χ3v) is 5.33. The van der Waals surface area contributed by atoms with E-state index in [1.54, 1.807) is 0 Å². The largest absolute Gasteiger partial charge is 0.255 e. The number of aliphatic imine (C=N–C) groups is 2. The third-order valence-electron chi connectivity index (χ3n) is 5.33. The Morgan fingerprint density at radius 3 is 1.76 bits per heavy atom. The first kappa shape index (κ1) is 25.3. The van der Waals surface area contributed by atoms with Crippen molar-refractivity contribution in [1.82, 2.24) is 0 Å². The van der Waals surface area contributed by atoms with E-state index in [0.29, 0.717) is 0 Å². The molecule has 3 heteroatoms. The molecule has 0 amide bonds. The second-order valence-corrected chi connectivity index (χ2v) is 7.29. The summed E-state index contributed by atoms with van der Waals surface area (Å²) in [5.74, 6) is 0. The fraction of sp³-hybridized carbons (Fsp3) is 0.462. The van der Waals surface area contributed by atoms with Gasteiger partial charge in [0.1, 0.15) is 0 Å². The summed E-state index contributed by atoms with van der Waals surface area (Å²) in [5, 5.41) is 0. The maximum atomic E-state index is 4.94. The summed E-state index contributed by atoms with van der Waals surface area (Å²) in [6.45, 7) is 11.1. The molecule has 0 aromatic heterocycles. The number of hydrogen-bond donors (Lipinski definition) is 0.